The third kappa shape index (κ3) is 3.22. The Morgan fingerprint density at radius 1 is 1.21 bits per heavy atom. The van der Waals surface area contributed by atoms with Crippen molar-refractivity contribution in [2.45, 2.75) is 19.8 Å². The normalized spacial score (nSPS) is 10.8. The highest BCUT2D eigenvalue weighted by Crippen LogP contribution is 2.39. The lowest BCUT2D eigenvalue weighted by Gasteiger charge is -2.17. The Hall–Kier alpha value is -2.90. The summed E-state index contributed by atoms with van der Waals surface area (Å²) in [6, 6.07) is 3.70. The van der Waals surface area contributed by atoms with Gasteiger partial charge in [0.1, 0.15) is 11.5 Å². The Bertz CT molecular complexity index is 823. The number of carboxylic acid groups (broad SMARTS) is 1. The highest BCUT2D eigenvalue weighted by molar-refractivity contribution is 5.94. The summed E-state index contributed by atoms with van der Waals surface area (Å²) in [5.41, 5.74) is 7.09. The van der Waals surface area contributed by atoms with Crippen molar-refractivity contribution >= 4 is 23.0 Å². The molecule has 0 amide bonds. The zero-order valence-corrected chi connectivity index (χ0v) is 12.8. The van der Waals surface area contributed by atoms with Gasteiger partial charge in [0.05, 0.1) is 16.9 Å². The molecule has 0 bridgehead atoms. The van der Waals surface area contributed by atoms with Crippen molar-refractivity contribution < 1.29 is 23.1 Å². The molecule has 2 aromatic rings. The van der Waals surface area contributed by atoms with E-state index in [1.54, 1.807) is 13.8 Å². The number of nitrogens with zero attached hydrogens (tertiary/aromatic N) is 1. The summed E-state index contributed by atoms with van der Waals surface area (Å²) in [6.07, 6.45) is 0. The van der Waals surface area contributed by atoms with E-state index in [1.807, 2.05) is 0 Å². The predicted octanol–water partition coefficient (Wildman–Crippen LogP) is 5.33. The summed E-state index contributed by atoms with van der Waals surface area (Å²) >= 11 is 0. The van der Waals surface area contributed by atoms with E-state index < -0.39 is 29.1 Å². The van der Waals surface area contributed by atoms with E-state index in [-0.39, 0.29) is 28.4 Å². The van der Waals surface area contributed by atoms with E-state index in [9.17, 15) is 23.1 Å². The van der Waals surface area contributed by atoms with Gasteiger partial charge in [-0.2, -0.15) is 5.11 Å². The number of benzene rings is 2. The molecule has 5 nitrogen and oxygen atoms in total. The molecule has 8 heteroatoms. The summed E-state index contributed by atoms with van der Waals surface area (Å²) in [7, 11) is 0. The average Bonchev–Trinajstić information content (AvgIpc) is 2.51. The summed E-state index contributed by atoms with van der Waals surface area (Å²) in [5.74, 6) is -5.13. The molecular formula is C16H14F3N3O2. The fraction of sp³-hybridized carbons (Fsp3) is 0.188. The lowest BCUT2D eigenvalue weighted by Crippen LogP contribution is -2.06. The molecule has 3 N–H and O–H groups in total. The van der Waals surface area contributed by atoms with E-state index in [0.29, 0.717) is 6.07 Å². The molecule has 0 saturated carbocycles. The van der Waals surface area contributed by atoms with Gasteiger partial charge in [0.15, 0.2) is 11.6 Å². The van der Waals surface area contributed by atoms with Crippen LogP contribution in [0.3, 0.4) is 0 Å². The zero-order chi connectivity index (χ0) is 18.0. The largest absolute Gasteiger partial charge is 0.478 e. The Labute approximate surface area is 135 Å². The molecule has 24 heavy (non-hydrogen) atoms. The van der Waals surface area contributed by atoms with Crippen molar-refractivity contribution in [1.29, 1.82) is 5.53 Å². The number of nitrogens with one attached hydrogen (secondary N) is 2. The Morgan fingerprint density at radius 3 is 2.42 bits per heavy atom. The van der Waals surface area contributed by atoms with Gasteiger partial charge < -0.3 is 10.4 Å². The number of hydrogen-bond acceptors (Lipinski definition) is 4. The Morgan fingerprint density at radius 2 is 1.88 bits per heavy atom. The lowest BCUT2D eigenvalue weighted by molar-refractivity contribution is 0.0695. The molecule has 0 saturated heterocycles. The SMILES string of the molecule is CC(C)c1c(C(=O)O)ccc(Nc2cc(F)cc(F)c2F)c1N=N. The van der Waals surface area contributed by atoms with E-state index >= 15 is 0 Å². The van der Waals surface area contributed by atoms with Crippen LogP contribution < -0.4 is 5.32 Å². The van der Waals surface area contributed by atoms with Gasteiger partial charge in [-0.1, -0.05) is 13.8 Å². The van der Waals surface area contributed by atoms with Gasteiger partial charge in [-0.05, 0) is 23.6 Å². The number of rotatable bonds is 5. The van der Waals surface area contributed by atoms with E-state index in [2.05, 4.69) is 10.4 Å². The van der Waals surface area contributed by atoms with Crippen molar-refractivity contribution in [3.8, 4) is 0 Å². The first-order valence-corrected chi connectivity index (χ1v) is 6.95. The van der Waals surface area contributed by atoms with Crippen LogP contribution in [0.2, 0.25) is 0 Å². The van der Waals surface area contributed by atoms with Crippen LogP contribution in [0.4, 0.5) is 30.2 Å². The molecule has 0 aliphatic heterocycles. The summed E-state index contributed by atoms with van der Waals surface area (Å²) in [6.45, 7) is 3.42. The highest BCUT2D eigenvalue weighted by Gasteiger charge is 2.21. The van der Waals surface area contributed by atoms with Gasteiger partial charge in [0.2, 0.25) is 0 Å². The lowest BCUT2D eigenvalue weighted by atomic mass is 9.94. The molecule has 2 aromatic carbocycles. The van der Waals surface area contributed by atoms with E-state index in [4.69, 9.17) is 5.53 Å². The topological polar surface area (TPSA) is 85.5 Å². The molecule has 0 aliphatic rings. The standard InChI is InChI=1S/C16H14F3N3O2/c1-7(2)13-9(16(23)24)3-4-11(15(13)22-20)21-12-6-8(17)5-10(18)14(12)19/h3-7,20-21H,1-2H3,(H,23,24). The average molecular weight is 337 g/mol. The molecule has 0 spiro atoms. The fourth-order valence-corrected chi connectivity index (χ4v) is 2.39. The number of hydrogen-bond donors (Lipinski definition) is 3. The Balaban J connectivity index is 2.62. The third-order valence-corrected chi connectivity index (χ3v) is 3.40. The second-order valence-corrected chi connectivity index (χ2v) is 5.37. The number of halogens is 3. The second kappa shape index (κ2) is 6.69. The van der Waals surface area contributed by atoms with Crippen LogP contribution in [0.5, 0.6) is 0 Å². The van der Waals surface area contributed by atoms with Crippen LogP contribution in [0.25, 0.3) is 0 Å². The first-order valence-electron chi connectivity index (χ1n) is 6.95. The van der Waals surface area contributed by atoms with Gasteiger partial charge in [-0.25, -0.2) is 23.5 Å². The molecule has 0 fully saturated rings. The smallest absolute Gasteiger partial charge is 0.336 e. The molecule has 126 valence electrons. The van der Waals surface area contributed by atoms with Gasteiger partial charge >= 0.3 is 5.97 Å². The summed E-state index contributed by atoms with van der Waals surface area (Å²) in [5, 5.41) is 15.0. The predicted molar refractivity (Wildman–Crippen MR) is 81.9 cm³/mol. The molecule has 0 aliphatic carbocycles. The maximum atomic E-state index is 13.8. The molecule has 0 radical (unpaired) electrons. The third-order valence-electron chi connectivity index (χ3n) is 3.40. The first kappa shape index (κ1) is 17.5. The van der Waals surface area contributed by atoms with Crippen molar-refractivity contribution in [1.82, 2.24) is 0 Å². The minimum atomic E-state index is -1.37. The van der Waals surface area contributed by atoms with Gasteiger partial charge in [-0.3, -0.25) is 0 Å². The van der Waals surface area contributed by atoms with Crippen molar-refractivity contribution in [3.05, 3.63) is 52.8 Å². The van der Waals surface area contributed by atoms with Crippen molar-refractivity contribution in [2.75, 3.05) is 5.32 Å². The first-order chi connectivity index (χ1) is 11.3. The van der Waals surface area contributed by atoms with Gasteiger partial charge in [0.25, 0.3) is 0 Å². The minimum Gasteiger partial charge on any atom is -0.478 e. The van der Waals surface area contributed by atoms with Crippen molar-refractivity contribution in [2.24, 2.45) is 5.11 Å². The van der Waals surface area contributed by atoms with E-state index in [0.717, 1.165) is 6.07 Å². The van der Waals surface area contributed by atoms with Crippen LogP contribution in [-0.4, -0.2) is 11.1 Å². The number of anilines is 2. The summed E-state index contributed by atoms with van der Waals surface area (Å²) in [4.78, 5) is 11.3. The van der Waals surface area contributed by atoms with Crippen LogP contribution in [0.15, 0.2) is 29.4 Å². The number of carboxylic acids is 1. The molecule has 0 aromatic heterocycles. The zero-order valence-electron chi connectivity index (χ0n) is 12.8. The fourth-order valence-electron chi connectivity index (χ4n) is 2.39. The number of carbonyl (C=O) groups is 1. The quantitative estimate of drug-likeness (QED) is 0.509. The minimum absolute atomic E-state index is 0.0334. The molecule has 0 atom stereocenters. The van der Waals surface area contributed by atoms with E-state index in [1.165, 1.54) is 12.1 Å². The molecule has 0 heterocycles. The highest BCUT2D eigenvalue weighted by atomic mass is 19.2. The molecular weight excluding hydrogens is 323 g/mol. The second-order valence-electron chi connectivity index (χ2n) is 5.37. The monoisotopic (exact) mass is 337 g/mol. The molecule has 0 unspecified atom stereocenters. The van der Waals surface area contributed by atoms with Crippen LogP contribution in [0, 0.1) is 23.0 Å². The maximum absolute atomic E-state index is 13.8. The Kier molecular flexibility index (Phi) is 4.87. The molecule has 2 rings (SSSR count). The number of aromatic carboxylic acids is 1. The van der Waals surface area contributed by atoms with Crippen molar-refractivity contribution in [3.63, 3.8) is 0 Å². The van der Waals surface area contributed by atoms with Gasteiger partial charge in [-0.15, -0.1) is 0 Å². The maximum Gasteiger partial charge on any atom is 0.336 e. The van der Waals surface area contributed by atoms with Crippen LogP contribution >= 0.6 is 0 Å². The van der Waals surface area contributed by atoms with Crippen LogP contribution in [-0.2, 0) is 0 Å². The van der Waals surface area contributed by atoms with Crippen LogP contribution in [0.1, 0.15) is 35.7 Å². The van der Waals surface area contributed by atoms with Gasteiger partial charge in [0, 0.05) is 12.1 Å². The summed E-state index contributed by atoms with van der Waals surface area (Å²) < 4.78 is 40.4.